The Balaban J connectivity index is 1.64. The van der Waals surface area contributed by atoms with Crippen LogP contribution in [0.2, 0.25) is 0 Å². The average Bonchev–Trinajstić information content (AvgIpc) is 3.46. The summed E-state index contributed by atoms with van der Waals surface area (Å²) in [7, 11) is 0. The summed E-state index contributed by atoms with van der Waals surface area (Å²) in [6.07, 6.45) is 7.36. The summed E-state index contributed by atoms with van der Waals surface area (Å²) in [6.45, 7) is 3.99. The van der Waals surface area contributed by atoms with Crippen LogP contribution < -0.4 is 14.8 Å². The number of carbonyl (C=O) groups excluding carboxylic acids is 2. The first-order valence-corrected chi connectivity index (χ1v) is 13.0. The van der Waals surface area contributed by atoms with Crippen molar-refractivity contribution in [3.8, 4) is 11.5 Å². The fourth-order valence-corrected chi connectivity index (χ4v) is 5.81. The number of esters is 1. The van der Waals surface area contributed by atoms with Crippen molar-refractivity contribution in [2.75, 3.05) is 6.61 Å². The number of halogens is 1. The van der Waals surface area contributed by atoms with Gasteiger partial charge in [0, 0.05) is 18.0 Å². The van der Waals surface area contributed by atoms with Gasteiger partial charge in [-0.1, -0.05) is 0 Å². The van der Waals surface area contributed by atoms with Crippen LogP contribution in [0.15, 0.2) is 39.9 Å². The van der Waals surface area contributed by atoms with Crippen LogP contribution in [0.3, 0.4) is 0 Å². The highest BCUT2D eigenvalue weighted by atomic mass is 127. The van der Waals surface area contributed by atoms with Gasteiger partial charge in [-0.3, -0.25) is 9.59 Å². The van der Waals surface area contributed by atoms with Crippen molar-refractivity contribution in [1.29, 1.82) is 0 Å². The van der Waals surface area contributed by atoms with Crippen LogP contribution in [-0.2, 0) is 24.2 Å². The van der Waals surface area contributed by atoms with E-state index in [4.69, 9.17) is 18.9 Å². The summed E-state index contributed by atoms with van der Waals surface area (Å²) >= 11 is 3.69. The van der Waals surface area contributed by atoms with E-state index in [0.717, 1.165) is 40.4 Å². The van der Waals surface area contributed by atoms with Crippen molar-refractivity contribution < 1.29 is 23.5 Å². The number of aryl methyl sites for hydroxylation is 1. The molecule has 1 aliphatic carbocycles. The first kappa shape index (κ1) is 24.5. The molecule has 178 valence electrons. The molecule has 1 aliphatic rings. The van der Waals surface area contributed by atoms with Crippen molar-refractivity contribution in [1.82, 2.24) is 5.32 Å². The maximum Gasteiger partial charge on any atom is 0.308 e. The second-order valence-corrected chi connectivity index (χ2v) is 10.0. The van der Waals surface area contributed by atoms with Gasteiger partial charge in [0.15, 0.2) is 11.5 Å². The molecule has 0 saturated heterocycles. The molecular formula is C25H25IN2O5S. The lowest BCUT2D eigenvalue weighted by Crippen LogP contribution is -2.23. The number of rotatable bonds is 8. The minimum atomic E-state index is -0.408. The third-order valence-corrected chi connectivity index (χ3v) is 7.29. The van der Waals surface area contributed by atoms with Gasteiger partial charge in [-0.05, 0) is 90.6 Å². The van der Waals surface area contributed by atoms with Crippen molar-refractivity contribution in [3.63, 3.8) is 0 Å². The van der Waals surface area contributed by atoms with Crippen LogP contribution in [0.5, 0.6) is 11.5 Å². The highest BCUT2D eigenvalue weighted by Crippen LogP contribution is 2.40. The maximum atomic E-state index is 13.2. The largest absolute Gasteiger partial charge is 0.490 e. The number of amides is 1. The third kappa shape index (κ3) is 5.69. The van der Waals surface area contributed by atoms with Gasteiger partial charge < -0.3 is 19.2 Å². The molecule has 9 heteroatoms. The maximum absolute atomic E-state index is 13.2. The molecule has 0 aliphatic heterocycles. The smallest absolute Gasteiger partial charge is 0.308 e. The Bertz CT molecular complexity index is 1220. The van der Waals surface area contributed by atoms with E-state index in [1.807, 2.05) is 19.1 Å². The molecule has 3 aromatic rings. The lowest BCUT2D eigenvalue weighted by atomic mass is 9.95. The monoisotopic (exact) mass is 592 g/mol. The van der Waals surface area contributed by atoms with Crippen LogP contribution in [0.25, 0.3) is 0 Å². The number of hydrogen-bond acceptors (Lipinski definition) is 7. The molecule has 1 amide bonds. The molecule has 0 saturated carbocycles. The van der Waals surface area contributed by atoms with Crippen LogP contribution in [0.1, 0.15) is 58.8 Å². The Labute approximate surface area is 215 Å². The predicted octanol–water partition coefficient (Wildman–Crippen LogP) is 5.83. The Morgan fingerprint density at radius 3 is 2.85 bits per heavy atom. The molecule has 0 spiro atoms. The normalized spacial score (nSPS) is 13.0. The summed E-state index contributed by atoms with van der Waals surface area (Å²) in [4.78, 5) is 30.6. The first-order chi connectivity index (χ1) is 16.5. The molecule has 7 nitrogen and oxygen atoms in total. The standard InChI is InChI=1S/C25H25IN2O5S/c1-3-31-20-12-16(11-19(26)23(20)33-15(2)29)13-28-25-22(18-8-4-5-9-21(18)34-25)24(30)27-14-17-7-6-10-32-17/h6-7,10-13H,3-5,8-9,14H2,1-2H3,(H,27,30). The van der Waals surface area contributed by atoms with Gasteiger partial charge in [-0.15, -0.1) is 11.3 Å². The van der Waals surface area contributed by atoms with Gasteiger partial charge in [-0.25, -0.2) is 4.99 Å². The second-order valence-electron chi connectivity index (χ2n) is 7.77. The zero-order valence-corrected chi connectivity index (χ0v) is 22.0. The summed E-state index contributed by atoms with van der Waals surface area (Å²) in [5.74, 6) is 1.03. The van der Waals surface area contributed by atoms with Crippen LogP contribution in [0, 0.1) is 3.57 Å². The molecule has 0 unspecified atom stereocenters. The molecule has 0 radical (unpaired) electrons. The van der Waals surface area contributed by atoms with E-state index in [1.54, 1.807) is 35.9 Å². The fraction of sp³-hybridized carbons (Fsp3) is 0.320. The third-order valence-electron chi connectivity index (χ3n) is 5.29. The van der Waals surface area contributed by atoms with E-state index in [9.17, 15) is 9.59 Å². The second kappa shape index (κ2) is 11.2. The number of nitrogens with zero attached hydrogens (tertiary/aromatic N) is 1. The number of ether oxygens (including phenoxy) is 2. The Morgan fingerprint density at radius 2 is 2.12 bits per heavy atom. The summed E-state index contributed by atoms with van der Waals surface area (Å²) < 4.78 is 17.1. The fourth-order valence-electron chi connectivity index (χ4n) is 3.85. The zero-order valence-electron chi connectivity index (χ0n) is 19.0. The number of thiophene rings is 1. The molecule has 0 fully saturated rings. The van der Waals surface area contributed by atoms with E-state index < -0.39 is 5.97 Å². The predicted molar refractivity (Wildman–Crippen MR) is 140 cm³/mol. The highest BCUT2D eigenvalue weighted by Gasteiger charge is 2.25. The van der Waals surface area contributed by atoms with E-state index in [1.165, 1.54) is 11.8 Å². The lowest BCUT2D eigenvalue weighted by Gasteiger charge is -2.13. The minimum Gasteiger partial charge on any atom is -0.490 e. The van der Waals surface area contributed by atoms with Crippen molar-refractivity contribution in [3.05, 3.63) is 61.4 Å². The number of aliphatic imine (C=N–C) groups is 1. The Hall–Kier alpha value is -2.66. The Morgan fingerprint density at radius 1 is 1.29 bits per heavy atom. The number of furan rings is 1. The van der Waals surface area contributed by atoms with Gasteiger partial charge in [-0.2, -0.15) is 0 Å². The topological polar surface area (TPSA) is 90.1 Å². The quantitative estimate of drug-likeness (QED) is 0.154. The summed E-state index contributed by atoms with van der Waals surface area (Å²) in [5.41, 5.74) is 2.55. The summed E-state index contributed by atoms with van der Waals surface area (Å²) in [5, 5.41) is 3.66. The minimum absolute atomic E-state index is 0.141. The number of hydrogen-bond donors (Lipinski definition) is 1. The first-order valence-electron chi connectivity index (χ1n) is 11.1. The van der Waals surface area contributed by atoms with Gasteiger partial charge >= 0.3 is 5.97 Å². The molecule has 0 atom stereocenters. The van der Waals surface area contributed by atoms with Gasteiger partial charge in [0.25, 0.3) is 5.91 Å². The van der Waals surface area contributed by atoms with Crippen molar-refractivity contribution in [2.45, 2.75) is 46.1 Å². The van der Waals surface area contributed by atoms with E-state index >= 15 is 0 Å². The molecule has 1 N–H and O–H groups in total. The molecule has 2 aromatic heterocycles. The van der Waals surface area contributed by atoms with E-state index in [2.05, 4.69) is 27.9 Å². The number of benzene rings is 1. The zero-order chi connectivity index (χ0) is 24.1. The van der Waals surface area contributed by atoms with Crippen LogP contribution in [-0.4, -0.2) is 24.7 Å². The van der Waals surface area contributed by atoms with Crippen molar-refractivity contribution >= 4 is 57.0 Å². The van der Waals surface area contributed by atoms with Crippen LogP contribution >= 0.6 is 33.9 Å². The molecule has 1 aromatic carbocycles. The van der Waals surface area contributed by atoms with Gasteiger partial charge in [0.2, 0.25) is 0 Å². The molecule has 4 rings (SSSR count). The molecule has 0 bridgehead atoms. The summed E-state index contributed by atoms with van der Waals surface area (Å²) in [6, 6.07) is 7.29. The lowest BCUT2D eigenvalue weighted by molar-refractivity contribution is -0.132. The Kier molecular flexibility index (Phi) is 8.04. The van der Waals surface area contributed by atoms with Gasteiger partial charge in [0.1, 0.15) is 10.8 Å². The SMILES string of the molecule is CCOc1cc(C=Nc2sc3c(c2C(=O)NCc2ccco2)CCCC3)cc(I)c1OC(C)=O. The van der Waals surface area contributed by atoms with Crippen molar-refractivity contribution in [2.24, 2.45) is 4.99 Å². The average molecular weight is 592 g/mol. The number of carbonyl (C=O) groups is 2. The molecule has 2 heterocycles. The number of fused-ring (bicyclic) bond motifs is 1. The molecular weight excluding hydrogens is 567 g/mol. The van der Waals surface area contributed by atoms with Crippen LogP contribution in [0.4, 0.5) is 5.00 Å². The molecule has 34 heavy (non-hydrogen) atoms. The van der Waals surface area contributed by atoms with E-state index in [0.29, 0.717) is 41.0 Å². The van der Waals surface area contributed by atoms with E-state index in [-0.39, 0.29) is 5.91 Å². The highest BCUT2D eigenvalue weighted by molar-refractivity contribution is 14.1. The number of nitrogens with one attached hydrogen (secondary N) is 1. The van der Waals surface area contributed by atoms with Gasteiger partial charge in [0.05, 0.1) is 28.5 Å².